The van der Waals surface area contributed by atoms with E-state index < -0.39 is 53.5 Å². The molecule has 4 atom stereocenters. The summed E-state index contributed by atoms with van der Waals surface area (Å²) in [4.78, 5) is 55.2. The number of carbonyl (C=O) groups is 4. The van der Waals surface area contributed by atoms with Crippen molar-refractivity contribution < 1.29 is 37.4 Å². The van der Waals surface area contributed by atoms with E-state index in [1.807, 2.05) is 0 Å². The number of ether oxygens (including phenoxy) is 2. The third-order valence-corrected chi connectivity index (χ3v) is 10.7. The molecule has 1 aromatic heterocycles. The average Bonchev–Trinajstić information content (AvgIpc) is 3.36. The number of likely N-dealkylation sites (tertiary alicyclic amines) is 1. The number of halogens is 2. The minimum atomic E-state index is -3.18. The second-order valence-corrected chi connectivity index (χ2v) is 15.4. The number of thiophene rings is 1. The lowest BCUT2D eigenvalue weighted by atomic mass is 10.00. The molecule has 3 aliphatic rings. The molecule has 1 saturated heterocycles. The van der Waals surface area contributed by atoms with E-state index in [9.17, 15) is 19.2 Å². The summed E-state index contributed by atoms with van der Waals surface area (Å²) >= 11 is 1.30. The maximum atomic E-state index is 15.0. The maximum absolute atomic E-state index is 15.0. The minimum absolute atomic E-state index is 0.122. The molecule has 52 heavy (non-hydrogen) atoms. The highest BCUT2D eigenvalue weighted by molar-refractivity contribution is 7.10. The van der Waals surface area contributed by atoms with Gasteiger partial charge in [-0.3, -0.25) is 25.1 Å². The van der Waals surface area contributed by atoms with Crippen LogP contribution < -0.4 is 21.7 Å². The zero-order chi connectivity index (χ0) is 37.6. The number of nitrogens with one attached hydrogen (secondary N) is 4. The van der Waals surface area contributed by atoms with E-state index in [4.69, 9.17) is 20.6 Å². The standard InChI is InChI=1S/C37H42F2N6O6S/c1-20(28-14-22(18-52-28)31(41)44-34(49)51-35(2,3)4)43-33(48)27-15-36(19-50-12-11-40)16-29(36)45(27)30(46)17-42-32(47)21-9-10-26-24(13-21)23-7-5-6-8-25(23)37(26,38)39/h5-10,13-14,18,20,27,29H,11-12,15-17,19,40H2,1-4H3,(H,42,47)(H,43,48)(H2,41,44,49)/t20-,27+,29+,36-/m1/s1. The van der Waals surface area contributed by atoms with Gasteiger partial charge in [-0.15, -0.1) is 11.3 Å². The fraction of sp³-hybridized carbons (Fsp3) is 0.432. The molecule has 6 N–H and O–H groups in total. The molecule has 1 saturated carbocycles. The van der Waals surface area contributed by atoms with Gasteiger partial charge in [0.15, 0.2) is 0 Å². The Morgan fingerprint density at radius 3 is 2.52 bits per heavy atom. The van der Waals surface area contributed by atoms with Gasteiger partial charge in [0, 0.05) is 50.5 Å². The quantitative estimate of drug-likeness (QED) is 0.108. The number of hydrogen-bond donors (Lipinski definition) is 5. The first kappa shape index (κ1) is 37.0. The number of fused-ring (bicyclic) bond motifs is 4. The van der Waals surface area contributed by atoms with E-state index in [0.717, 1.165) is 4.88 Å². The monoisotopic (exact) mass is 736 g/mol. The van der Waals surface area contributed by atoms with Crippen LogP contribution >= 0.6 is 11.3 Å². The molecular formula is C37H42F2N6O6S. The zero-order valence-electron chi connectivity index (χ0n) is 29.3. The van der Waals surface area contributed by atoms with Crippen molar-refractivity contribution in [1.82, 2.24) is 20.9 Å². The first-order valence-corrected chi connectivity index (χ1v) is 17.9. The summed E-state index contributed by atoms with van der Waals surface area (Å²) < 4.78 is 41.0. The van der Waals surface area contributed by atoms with E-state index in [-0.39, 0.29) is 40.0 Å². The molecule has 1 aliphatic heterocycles. The Morgan fingerprint density at radius 2 is 1.79 bits per heavy atom. The summed E-state index contributed by atoms with van der Waals surface area (Å²) in [5.41, 5.74) is 5.35. The Hall–Kier alpha value is -4.73. The number of carbonyl (C=O) groups excluding carboxylic acids is 4. The molecule has 0 radical (unpaired) electrons. The van der Waals surface area contributed by atoms with E-state index >= 15 is 8.78 Å². The Bertz CT molecular complexity index is 1930. The number of nitrogens with zero attached hydrogens (tertiary/aromatic N) is 1. The summed E-state index contributed by atoms with van der Waals surface area (Å²) in [6.45, 7) is 7.53. The number of nitrogens with two attached hydrogens (primary N) is 1. The smallest absolute Gasteiger partial charge is 0.413 e. The molecule has 0 spiro atoms. The molecule has 0 unspecified atom stereocenters. The Kier molecular flexibility index (Phi) is 9.98. The van der Waals surface area contributed by atoms with Crippen LogP contribution in [0.4, 0.5) is 13.6 Å². The van der Waals surface area contributed by atoms with Crippen LogP contribution in [0.1, 0.15) is 78.5 Å². The van der Waals surface area contributed by atoms with Crippen molar-refractivity contribution in [2.24, 2.45) is 11.1 Å². The lowest BCUT2D eigenvalue weighted by Crippen LogP contribution is -2.51. The number of alkyl carbamates (subject to hydrolysis) is 1. The number of benzene rings is 2. The fourth-order valence-electron chi connectivity index (χ4n) is 7.02. The van der Waals surface area contributed by atoms with Crippen LogP contribution in [0.15, 0.2) is 53.9 Å². The number of hydrogen-bond acceptors (Lipinski definition) is 9. The van der Waals surface area contributed by atoms with Crippen molar-refractivity contribution in [3.8, 4) is 11.1 Å². The average molecular weight is 737 g/mol. The first-order valence-electron chi connectivity index (χ1n) is 17.0. The molecule has 2 fully saturated rings. The molecular weight excluding hydrogens is 695 g/mol. The van der Waals surface area contributed by atoms with Crippen LogP contribution in [-0.4, -0.2) is 78.5 Å². The van der Waals surface area contributed by atoms with Gasteiger partial charge in [0.2, 0.25) is 11.8 Å². The highest BCUT2D eigenvalue weighted by Gasteiger charge is 2.67. The van der Waals surface area contributed by atoms with Crippen molar-refractivity contribution in [2.45, 2.75) is 70.2 Å². The van der Waals surface area contributed by atoms with Crippen molar-refractivity contribution >= 4 is 41.0 Å². The number of alkyl halides is 2. The van der Waals surface area contributed by atoms with Crippen molar-refractivity contribution in [1.29, 1.82) is 5.41 Å². The number of piperidine rings is 1. The van der Waals surface area contributed by atoms with Gasteiger partial charge in [0.1, 0.15) is 17.5 Å². The molecule has 3 aromatic rings. The molecule has 4 amide bonds. The lowest BCUT2D eigenvalue weighted by Gasteiger charge is -2.28. The predicted molar refractivity (Wildman–Crippen MR) is 190 cm³/mol. The van der Waals surface area contributed by atoms with Gasteiger partial charge in [0.05, 0.1) is 25.8 Å². The van der Waals surface area contributed by atoms with Gasteiger partial charge in [-0.2, -0.15) is 8.78 Å². The summed E-state index contributed by atoms with van der Waals surface area (Å²) in [6.07, 6.45) is 0.245. The van der Waals surface area contributed by atoms with Gasteiger partial charge >= 0.3 is 6.09 Å². The molecule has 2 aromatic carbocycles. The van der Waals surface area contributed by atoms with Crippen LogP contribution in [-0.2, 0) is 25.0 Å². The van der Waals surface area contributed by atoms with Gasteiger partial charge in [0.25, 0.3) is 11.8 Å². The van der Waals surface area contributed by atoms with Gasteiger partial charge in [-0.1, -0.05) is 30.3 Å². The Balaban J connectivity index is 1.12. The third kappa shape index (κ3) is 7.30. The highest BCUT2D eigenvalue weighted by Crippen LogP contribution is 2.59. The molecule has 0 bridgehead atoms. The zero-order valence-corrected chi connectivity index (χ0v) is 30.1. The number of rotatable bonds is 11. The second kappa shape index (κ2) is 14.0. The van der Waals surface area contributed by atoms with E-state index in [1.165, 1.54) is 40.5 Å². The molecule has 6 rings (SSSR count). The van der Waals surface area contributed by atoms with Crippen molar-refractivity contribution in [2.75, 3.05) is 26.3 Å². The van der Waals surface area contributed by atoms with E-state index in [2.05, 4.69) is 16.0 Å². The van der Waals surface area contributed by atoms with Crippen LogP contribution in [0.3, 0.4) is 0 Å². The largest absolute Gasteiger partial charge is 0.444 e. The molecule has 15 heteroatoms. The summed E-state index contributed by atoms with van der Waals surface area (Å²) in [6, 6.07) is 10.2. The van der Waals surface area contributed by atoms with Crippen LogP contribution in [0.25, 0.3) is 11.1 Å². The van der Waals surface area contributed by atoms with E-state index in [0.29, 0.717) is 43.7 Å². The molecule has 276 valence electrons. The van der Waals surface area contributed by atoms with Gasteiger partial charge < -0.3 is 30.7 Å². The topological polar surface area (TPSA) is 176 Å². The predicted octanol–water partition coefficient (Wildman–Crippen LogP) is 4.66. The van der Waals surface area contributed by atoms with Crippen molar-refractivity contribution in [3.63, 3.8) is 0 Å². The molecule has 12 nitrogen and oxygen atoms in total. The van der Waals surface area contributed by atoms with Crippen LogP contribution in [0.5, 0.6) is 0 Å². The normalized spacial score (nSPS) is 21.3. The summed E-state index contributed by atoms with van der Waals surface area (Å²) in [5.74, 6) is -4.77. The third-order valence-electron chi connectivity index (χ3n) is 9.56. The highest BCUT2D eigenvalue weighted by atomic mass is 32.1. The SMILES string of the molecule is C[C@@H](NC(=O)[C@@H]1C[C@]2(COCCN)C[C@@H]2N1C(=O)CNC(=O)c1ccc2c(c1)-c1ccccc1C2(F)F)c1cc(C(=N)NC(=O)OC(C)(C)C)cs1. The van der Waals surface area contributed by atoms with Crippen molar-refractivity contribution in [3.05, 3.63) is 81.0 Å². The first-order chi connectivity index (χ1) is 24.5. The van der Waals surface area contributed by atoms with Crippen LogP contribution in [0.2, 0.25) is 0 Å². The van der Waals surface area contributed by atoms with E-state index in [1.54, 1.807) is 57.3 Å². The summed E-state index contributed by atoms with van der Waals surface area (Å²) in [5, 5.41) is 18.0. The minimum Gasteiger partial charge on any atom is -0.444 e. The molecule has 2 heterocycles. The van der Waals surface area contributed by atoms with Gasteiger partial charge in [-0.05, 0) is 69.9 Å². The second-order valence-electron chi connectivity index (χ2n) is 14.5. The number of amides is 4. The van der Waals surface area contributed by atoms with Crippen LogP contribution in [0, 0.1) is 10.8 Å². The number of amidine groups is 1. The maximum Gasteiger partial charge on any atom is 0.413 e. The molecule has 2 aliphatic carbocycles. The fourth-order valence-corrected chi connectivity index (χ4v) is 7.92. The summed E-state index contributed by atoms with van der Waals surface area (Å²) in [7, 11) is 0. The Labute approximate surface area is 303 Å². The van der Waals surface area contributed by atoms with Gasteiger partial charge in [-0.25, -0.2) is 4.79 Å². The lowest BCUT2D eigenvalue weighted by molar-refractivity contribution is -0.139. The Morgan fingerprint density at radius 1 is 1.06 bits per heavy atom.